The highest BCUT2D eigenvalue weighted by Crippen LogP contribution is 2.35. The van der Waals surface area contributed by atoms with Gasteiger partial charge in [-0.05, 0) is 36.8 Å². The van der Waals surface area contributed by atoms with Gasteiger partial charge in [-0.15, -0.1) is 0 Å². The predicted octanol–water partition coefficient (Wildman–Crippen LogP) is 3.19. The molecule has 146 valence electrons. The normalized spacial score (nSPS) is 12.4. The molecule has 4 rings (SSSR count). The maximum atomic E-state index is 12.4. The number of amides is 1. The van der Waals surface area contributed by atoms with E-state index in [1.165, 1.54) is 0 Å². The molecule has 2 aromatic heterocycles. The van der Waals surface area contributed by atoms with Gasteiger partial charge in [-0.2, -0.15) is 4.98 Å². The molecule has 0 N–H and O–H groups in total. The number of nitrogens with zero attached hydrogens (tertiary/aromatic N) is 4. The topological polar surface area (TPSA) is 82.6 Å². The maximum Gasteiger partial charge on any atom is 0.274 e. The molecule has 1 aliphatic heterocycles. The first-order valence-corrected chi connectivity index (χ1v) is 9.29. The van der Waals surface area contributed by atoms with Crippen LogP contribution in [0.4, 0.5) is 0 Å². The molecule has 28 heavy (non-hydrogen) atoms. The number of carbonyl (C=O) groups excluding carboxylic acids is 1. The minimum Gasteiger partial charge on any atom is -0.454 e. The zero-order chi connectivity index (χ0) is 19.5. The van der Waals surface area contributed by atoms with Gasteiger partial charge in [-0.25, -0.2) is 0 Å². The molecule has 3 aromatic rings. The van der Waals surface area contributed by atoms with E-state index >= 15 is 0 Å². The Morgan fingerprint density at radius 2 is 2.11 bits per heavy atom. The summed E-state index contributed by atoms with van der Waals surface area (Å²) in [6.07, 6.45) is 3.88. The van der Waals surface area contributed by atoms with Crippen molar-refractivity contribution in [1.82, 2.24) is 19.6 Å². The minimum atomic E-state index is 0.0430. The Balaban J connectivity index is 1.52. The fourth-order valence-electron chi connectivity index (χ4n) is 3.01. The first kappa shape index (κ1) is 18.1. The molecule has 0 saturated carbocycles. The van der Waals surface area contributed by atoms with E-state index < -0.39 is 0 Å². The molecule has 1 aliphatic rings. The van der Waals surface area contributed by atoms with Crippen LogP contribution < -0.4 is 9.47 Å². The Hall–Kier alpha value is -3.29. The van der Waals surface area contributed by atoms with Crippen molar-refractivity contribution in [3.8, 4) is 34.5 Å². The summed E-state index contributed by atoms with van der Waals surface area (Å²) < 4.78 is 18.0. The third kappa shape index (κ3) is 3.58. The maximum absolute atomic E-state index is 12.4. The minimum absolute atomic E-state index is 0.0430. The molecular formula is C20H22N4O4. The van der Waals surface area contributed by atoms with Gasteiger partial charge < -0.3 is 23.5 Å². The van der Waals surface area contributed by atoms with Gasteiger partial charge in [-0.3, -0.25) is 4.79 Å². The summed E-state index contributed by atoms with van der Waals surface area (Å²) in [7, 11) is 1.83. The first-order valence-electron chi connectivity index (χ1n) is 9.29. The number of fused-ring (bicyclic) bond motifs is 1. The molecule has 0 unspecified atom stereocenters. The number of carbonyl (C=O) groups is 1. The zero-order valence-electron chi connectivity index (χ0n) is 15.9. The van der Waals surface area contributed by atoms with Crippen LogP contribution in [-0.2, 0) is 11.3 Å². The van der Waals surface area contributed by atoms with E-state index in [2.05, 4.69) is 17.1 Å². The lowest BCUT2D eigenvalue weighted by atomic mass is 10.2. The van der Waals surface area contributed by atoms with Crippen molar-refractivity contribution in [2.24, 2.45) is 0 Å². The Morgan fingerprint density at radius 3 is 2.96 bits per heavy atom. The molecule has 0 bridgehead atoms. The van der Waals surface area contributed by atoms with Crippen LogP contribution in [-0.4, -0.2) is 45.9 Å². The third-order valence-corrected chi connectivity index (χ3v) is 4.68. The van der Waals surface area contributed by atoms with Crippen LogP contribution in [0.1, 0.15) is 19.8 Å². The molecule has 3 heterocycles. The highest BCUT2D eigenvalue weighted by atomic mass is 16.7. The van der Waals surface area contributed by atoms with Crippen molar-refractivity contribution in [3.05, 3.63) is 36.5 Å². The van der Waals surface area contributed by atoms with Crippen molar-refractivity contribution in [1.29, 1.82) is 0 Å². The predicted molar refractivity (Wildman–Crippen MR) is 102 cm³/mol. The number of benzene rings is 1. The highest BCUT2D eigenvalue weighted by Gasteiger charge is 2.19. The van der Waals surface area contributed by atoms with E-state index in [1.54, 1.807) is 4.90 Å². The van der Waals surface area contributed by atoms with Crippen molar-refractivity contribution in [2.75, 3.05) is 20.4 Å². The molecule has 0 atom stereocenters. The highest BCUT2D eigenvalue weighted by molar-refractivity contribution is 5.76. The van der Waals surface area contributed by atoms with Gasteiger partial charge >= 0.3 is 0 Å². The second kappa shape index (κ2) is 7.75. The van der Waals surface area contributed by atoms with Crippen LogP contribution in [0.5, 0.6) is 11.5 Å². The van der Waals surface area contributed by atoms with Crippen molar-refractivity contribution in [3.63, 3.8) is 0 Å². The van der Waals surface area contributed by atoms with Crippen molar-refractivity contribution < 1.29 is 18.8 Å². The van der Waals surface area contributed by atoms with E-state index in [1.807, 2.05) is 48.1 Å². The summed E-state index contributed by atoms with van der Waals surface area (Å²) in [5, 5.41) is 4.07. The Bertz CT molecular complexity index is 978. The molecule has 0 fully saturated rings. The molecule has 1 amide bonds. The van der Waals surface area contributed by atoms with Gasteiger partial charge in [0.15, 0.2) is 11.5 Å². The van der Waals surface area contributed by atoms with Crippen LogP contribution in [0, 0.1) is 0 Å². The fraction of sp³-hybridized carbons (Fsp3) is 0.350. The average Bonchev–Trinajstić information content (AvgIpc) is 3.44. The number of ether oxygens (including phenoxy) is 2. The SMILES string of the molecule is CCCCN(C)C(=O)Cn1cccc1-c1nc(-c2ccc3c(c2)OCO3)no1. The summed E-state index contributed by atoms with van der Waals surface area (Å²) >= 11 is 0. The summed E-state index contributed by atoms with van der Waals surface area (Å²) in [4.78, 5) is 18.7. The van der Waals surface area contributed by atoms with Crippen molar-refractivity contribution >= 4 is 5.91 Å². The van der Waals surface area contributed by atoms with E-state index in [4.69, 9.17) is 14.0 Å². The largest absolute Gasteiger partial charge is 0.454 e. The van der Waals surface area contributed by atoms with E-state index in [0.717, 1.165) is 24.9 Å². The zero-order valence-corrected chi connectivity index (χ0v) is 15.9. The second-order valence-electron chi connectivity index (χ2n) is 6.68. The van der Waals surface area contributed by atoms with Gasteiger partial charge in [0.05, 0.1) is 0 Å². The molecule has 0 aliphatic carbocycles. The smallest absolute Gasteiger partial charge is 0.274 e. The Morgan fingerprint density at radius 1 is 1.25 bits per heavy atom. The van der Waals surface area contributed by atoms with Crippen LogP contribution in [0.25, 0.3) is 23.0 Å². The molecule has 0 radical (unpaired) electrons. The van der Waals surface area contributed by atoms with Crippen LogP contribution in [0.15, 0.2) is 41.1 Å². The number of likely N-dealkylation sites (N-methyl/N-ethyl adjacent to an activating group) is 1. The number of hydrogen-bond donors (Lipinski definition) is 0. The molecule has 0 saturated heterocycles. The lowest BCUT2D eigenvalue weighted by molar-refractivity contribution is -0.130. The van der Waals surface area contributed by atoms with E-state index in [9.17, 15) is 4.79 Å². The Labute approximate surface area is 162 Å². The molecule has 0 spiro atoms. The van der Waals surface area contributed by atoms with Crippen LogP contribution >= 0.6 is 0 Å². The van der Waals surface area contributed by atoms with E-state index in [-0.39, 0.29) is 19.2 Å². The fourth-order valence-corrected chi connectivity index (χ4v) is 3.01. The quantitative estimate of drug-likeness (QED) is 0.624. The van der Waals surface area contributed by atoms with Gasteiger partial charge in [0.2, 0.25) is 18.5 Å². The van der Waals surface area contributed by atoms with Gasteiger partial charge in [0.25, 0.3) is 5.89 Å². The number of hydrogen-bond acceptors (Lipinski definition) is 6. The Kier molecular flexibility index (Phi) is 5.01. The number of unbranched alkanes of at least 4 members (excludes halogenated alkanes) is 1. The molecule has 8 heteroatoms. The van der Waals surface area contributed by atoms with Crippen molar-refractivity contribution in [2.45, 2.75) is 26.3 Å². The first-order chi connectivity index (χ1) is 13.7. The summed E-state index contributed by atoms with van der Waals surface area (Å²) in [5.74, 6) is 2.22. The second-order valence-corrected chi connectivity index (χ2v) is 6.68. The number of aromatic nitrogens is 3. The van der Waals surface area contributed by atoms with Gasteiger partial charge in [0.1, 0.15) is 12.2 Å². The van der Waals surface area contributed by atoms with Crippen LogP contribution in [0.2, 0.25) is 0 Å². The standard InChI is InChI=1S/C20H22N4O4/c1-3-4-9-23(2)18(25)12-24-10-5-6-15(24)20-21-19(22-28-20)14-7-8-16-17(11-14)27-13-26-16/h5-8,10-11H,3-4,9,12-13H2,1-2H3. The third-order valence-electron chi connectivity index (χ3n) is 4.68. The molecular weight excluding hydrogens is 360 g/mol. The summed E-state index contributed by atoms with van der Waals surface area (Å²) in [6.45, 7) is 3.30. The van der Waals surface area contributed by atoms with Crippen LogP contribution in [0.3, 0.4) is 0 Å². The molecule has 1 aromatic carbocycles. The summed E-state index contributed by atoms with van der Waals surface area (Å²) in [5.41, 5.74) is 1.48. The molecule has 8 nitrogen and oxygen atoms in total. The van der Waals surface area contributed by atoms with Gasteiger partial charge in [0, 0.05) is 25.4 Å². The summed E-state index contributed by atoms with van der Waals surface area (Å²) in [6, 6.07) is 9.21. The van der Waals surface area contributed by atoms with Gasteiger partial charge in [-0.1, -0.05) is 18.5 Å². The number of rotatable bonds is 7. The lowest BCUT2D eigenvalue weighted by Crippen LogP contribution is -2.31. The average molecular weight is 382 g/mol. The lowest BCUT2D eigenvalue weighted by Gasteiger charge is -2.17. The van der Waals surface area contributed by atoms with E-state index in [0.29, 0.717) is 28.9 Å². The monoisotopic (exact) mass is 382 g/mol.